The lowest BCUT2D eigenvalue weighted by Crippen LogP contribution is -2.04. The van der Waals surface area contributed by atoms with Crippen LogP contribution in [0.4, 0.5) is 10.1 Å². The highest BCUT2D eigenvalue weighted by atomic mass is 35.5. The number of nitrogens with one attached hydrogen (secondary N) is 1. The zero-order valence-electron chi connectivity index (χ0n) is 17.5. The predicted molar refractivity (Wildman–Crippen MR) is 130 cm³/mol. The highest BCUT2D eigenvalue weighted by Crippen LogP contribution is 2.38. The van der Waals surface area contributed by atoms with Crippen LogP contribution in [-0.2, 0) is 13.2 Å². The number of benzene rings is 4. The SMILES string of the molecule is CCOc1cc(CNc2ccc(F)c(Cl)c2)cc(Cl)c1OCc1cccc2ccccc12. The first-order valence-corrected chi connectivity index (χ1v) is 11.0. The molecule has 164 valence electrons. The molecule has 0 aliphatic rings. The Morgan fingerprint density at radius 1 is 0.875 bits per heavy atom. The minimum Gasteiger partial charge on any atom is -0.490 e. The van der Waals surface area contributed by atoms with Crippen LogP contribution < -0.4 is 14.8 Å². The molecule has 0 radical (unpaired) electrons. The Morgan fingerprint density at radius 2 is 1.69 bits per heavy atom. The van der Waals surface area contributed by atoms with E-state index in [4.69, 9.17) is 32.7 Å². The molecule has 4 rings (SSSR count). The first-order chi connectivity index (χ1) is 15.5. The molecule has 0 aromatic heterocycles. The summed E-state index contributed by atoms with van der Waals surface area (Å²) in [5.41, 5.74) is 2.68. The Hall–Kier alpha value is -2.95. The maximum atomic E-state index is 13.4. The van der Waals surface area contributed by atoms with Crippen LogP contribution in [0.1, 0.15) is 18.1 Å². The van der Waals surface area contributed by atoms with Gasteiger partial charge in [-0.3, -0.25) is 0 Å². The summed E-state index contributed by atoms with van der Waals surface area (Å²) in [6.07, 6.45) is 0. The van der Waals surface area contributed by atoms with Crippen molar-refractivity contribution < 1.29 is 13.9 Å². The summed E-state index contributed by atoms with van der Waals surface area (Å²) in [6.45, 7) is 3.22. The molecular formula is C26H22Cl2FNO2. The first-order valence-electron chi connectivity index (χ1n) is 10.3. The van der Waals surface area contributed by atoms with Gasteiger partial charge in [-0.25, -0.2) is 4.39 Å². The Bertz CT molecular complexity index is 1240. The number of anilines is 1. The Labute approximate surface area is 196 Å². The topological polar surface area (TPSA) is 30.5 Å². The first kappa shape index (κ1) is 22.3. The smallest absolute Gasteiger partial charge is 0.180 e. The molecule has 0 aliphatic carbocycles. The molecule has 0 atom stereocenters. The van der Waals surface area contributed by atoms with Gasteiger partial charge in [-0.1, -0.05) is 65.7 Å². The maximum Gasteiger partial charge on any atom is 0.180 e. The molecule has 0 amide bonds. The van der Waals surface area contributed by atoms with E-state index in [1.165, 1.54) is 6.07 Å². The lowest BCUT2D eigenvalue weighted by atomic mass is 10.1. The van der Waals surface area contributed by atoms with Gasteiger partial charge in [0.1, 0.15) is 12.4 Å². The molecule has 0 fully saturated rings. The van der Waals surface area contributed by atoms with Gasteiger partial charge in [0.25, 0.3) is 0 Å². The highest BCUT2D eigenvalue weighted by Gasteiger charge is 2.14. The molecular weight excluding hydrogens is 448 g/mol. The third-order valence-electron chi connectivity index (χ3n) is 5.04. The number of ether oxygens (including phenoxy) is 2. The van der Waals surface area contributed by atoms with E-state index in [0.29, 0.717) is 42.0 Å². The van der Waals surface area contributed by atoms with Crippen LogP contribution in [0.3, 0.4) is 0 Å². The average molecular weight is 470 g/mol. The number of rotatable bonds is 8. The second-order valence-corrected chi connectivity index (χ2v) is 8.06. The van der Waals surface area contributed by atoms with E-state index in [-0.39, 0.29) is 5.02 Å². The molecule has 0 saturated carbocycles. The van der Waals surface area contributed by atoms with Crippen LogP contribution in [0.25, 0.3) is 10.8 Å². The van der Waals surface area contributed by atoms with Crippen LogP contribution in [0.2, 0.25) is 10.0 Å². The zero-order valence-corrected chi connectivity index (χ0v) is 19.0. The minimum atomic E-state index is -0.452. The zero-order chi connectivity index (χ0) is 22.5. The Morgan fingerprint density at radius 3 is 2.50 bits per heavy atom. The quantitative estimate of drug-likeness (QED) is 0.284. The summed E-state index contributed by atoms with van der Waals surface area (Å²) >= 11 is 12.4. The van der Waals surface area contributed by atoms with Gasteiger partial charge >= 0.3 is 0 Å². The van der Waals surface area contributed by atoms with E-state index in [1.54, 1.807) is 12.1 Å². The fourth-order valence-corrected chi connectivity index (χ4v) is 3.97. The fourth-order valence-electron chi connectivity index (χ4n) is 3.50. The minimum absolute atomic E-state index is 0.0696. The Balaban J connectivity index is 1.53. The van der Waals surface area contributed by atoms with Gasteiger partial charge in [0, 0.05) is 12.2 Å². The van der Waals surface area contributed by atoms with Crippen molar-refractivity contribution in [1.82, 2.24) is 0 Å². The van der Waals surface area contributed by atoms with Crippen molar-refractivity contribution in [3.63, 3.8) is 0 Å². The summed E-state index contributed by atoms with van der Waals surface area (Å²) in [7, 11) is 0. The van der Waals surface area contributed by atoms with Gasteiger partial charge in [-0.05, 0) is 59.2 Å². The van der Waals surface area contributed by atoms with Crippen LogP contribution in [0.5, 0.6) is 11.5 Å². The third-order valence-corrected chi connectivity index (χ3v) is 5.61. The monoisotopic (exact) mass is 469 g/mol. The average Bonchev–Trinajstić information content (AvgIpc) is 2.79. The molecule has 4 aromatic rings. The predicted octanol–water partition coefficient (Wildman–Crippen LogP) is 7.88. The standard InChI is InChI=1S/C26H22Cl2FNO2/c1-2-31-25-13-17(15-30-20-10-11-24(29)22(27)14-20)12-23(28)26(25)32-16-19-8-5-7-18-6-3-4-9-21(18)19/h3-14,30H,2,15-16H2,1H3. The number of hydrogen-bond acceptors (Lipinski definition) is 3. The van der Waals surface area contributed by atoms with E-state index in [0.717, 1.165) is 21.9 Å². The van der Waals surface area contributed by atoms with Crippen molar-refractivity contribution in [3.05, 3.63) is 99.8 Å². The molecule has 4 aromatic carbocycles. The van der Waals surface area contributed by atoms with E-state index in [2.05, 4.69) is 23.5 Å². The molecule has 0 saturated heterocycles. The molecule has 0 heterocycles. The van der Waals surface area contributed by atoms with E-state index >= 15 is 0 Å². The lowest BCUT2D eigenvalue weighted by molar-refractivity contribution is 0.270. The third kappa shape index (κ3) is 5.09. The summed E-state index contributed by atoms with van der Waals surface area (Å²) in [4.78, 5) is 0. The molecule has 32 heavy (non-hydrogen) atoms. The van der Waals surface area contributed by atoms with E-state index < -0.39 is 5.82 Å². The van der Waals surface area contributed by atoms with Crippen molar-refractivity contribution in [3.8, 4) is 11.5 Å². The lowest BCUT2D eigenvalue weighted by Gasteiger charge is -2.16. The van der Waals surface area contributed by atoms with Crippen LogP contribution in [0.15, 0.2) is 72.8 Å². The largest absolute Gasteiger partial charge is 0.490 e. The van der Waals surface area contributed by atoms with Gasteiger partial charge in [0.05, 0.1) is 16.7 Å². The van der Waals surface area contributed by atoms with Crippen LogP contribution >= 0.6 is 23.2 Å². The summed E-state index contributed by atoms with van der Waals surface area (Å²) < 4.78 is 25.3. The number of halogens is 3. The van der Waals surface area contributed by atoms with Crippen molar-refractivity contribution >= 4 is 39.7 Å². The molecule has 0 bridgehead atoms. The van der Waals surface area contributed by atoms with E-state index in [1.807, 2.05) is 43.3 Å². The van der Waals surface area contributed by atoms with E-state index in [9.17, 15) is 4.39 Å². The molecule has 3 nitrogen and oxygen atoms in total. The van der Waals surface area contributed by atoms with Gasteiger partial charge in [0.2, 0.25) is 0 Å². The summed E-state index contributed by atoms with van der Waals surface area (Å²) in [5, 5.41) is 6.05. The summed E-state index contributed by atoms with van der Waals surface area (Å²) in [5.74, 6) is 0.635. The summed E-state index contributed by atoms with van der Waals surface area (Å²) in [6, 6.07) is 22.6. The van der Waals surface area contributed by atoms with Gasteiger partial charge < -0.3 is 14.8 Å². The van der Waals surface area contributed by atoms with Crippen molar-refractivity contribution in [2.75, 3.05) is 11.9 Å². The number of fused-ring (bicyclic) bond motifs is 1. The molecule has 6 heteroatoms. The van der Waals surface area contributed by atoms with Gasteiger partial charge in [-0.2, -0.15) is 0 Å². The van der Waals surface area contributed by atoms with Crippen LogP contribution in [-0.4, -0.2) is 6.61 Å². The van der Waals surface area contributed by atoms with Crippen molar-refractivity contribution in [2.45, 2.75) is 20.1 Å². The second kappa shape index (κ2) is 10.1. The molecule has 0 aliphatic heterocycles. The maximum absolute atomic E-state index is 13.4. The second-order valence-electron chi connectivity index (χ2n) is 7.25. The van der Waals surface area contributed by atoms with Gasteiger partial charge in [0.15, 0.2) is 11.5 Å². The molecule has 0 spiro atoms. The fraction of sp³-hybridized carbons (Fsp3) is 0.154. The van der Waals surface area contributed by atoms with Crippen molar-refractivity contribution in [2.24, 2.45) is 0 Å². The molecule has 1 N–H and O–H groups in total. The van der Waals surface area contributed by atoms with Gasteiger partial charge in [-0.15, -0.1) is 0 Å². The highest BCUT2D eigenvalue weighted by molar-refractivity contribution is 6.32. The van der Waals surface area contributed by atoms with Crippen LogP contribution in [0, 0.1) is 5.82 Å². The Kier molecular flexibility index (Phi) is 7.03. The van der Waals surface area contributed by atoms with Crippen molar-refractivity contribution in [1.29, 1.82) is 0 Å². The molecule has 0 unspecified atom stereocenters. The number of hydrogen-bond donors (Lipinski definition) is 1. The normalized spacial score (nSPS) is 10.9.